The first-order chi connectivity index (χ1) is 10.3. The zero-order valence-electron chi connectivity index (χ0n) is 14.2. The number of hydrogen-bond acceptors (Lipinski definition) is 3. The Labute approximate surface area is 134 Å². The third kappa shape index (κ3) is 5.34. The lowest BCUT2D eigenvalue weighted by molar-refractivity contribution is 0.0285. The van der Waals surface area contributed by atoms with E-state index in [1.54, 1.807) is 0 Å². The predicted octanol–water partition coefficient (Wildman–Crippen LogP) is 3.38. The molecule has 1 amide bonds. The van der Waals surface area contributed by atoms with Crippen LogP contribution < -0.4 is 0 Å². The summed E-state index contributed by atoms with van der Waals surface area (Å²) in [7, 11) is 2.14. The summed E-state index contributed by atoms with van der Waals surface area (Å²) in [5, 5.41) is 0. The maximum atomic E-state index is 12.1. The number of hydrogen-bond donors (Lipinski definition) is 0. The number of carbonyl (C=O) groups excluding carboxylic acids is 1. The first kappa shape index (κ1) is 16.8. The molecule has 0 spiro atoms. The number of ether oxygens (including phenoxy) is 1. The van der Waals surface area contributed by atoms with Crippen molar-refractivity contribution in [1.29, 1.82) is 0 Å². The molecule has 1 aliphatic heterocycles. The summed E-state index contributed by atoms with van der Waals surface area (Å²) in [6.07, 6.45) is 0.874. The minimum Gasteiger partial charge on any atom is -0.444 e. The first-order valence-corrected chi connectivity index (χ1v) is 8.04. The van der Waals surface area contributed by atoms with Crippen LogP contribution in [0.1, 0.15) is 32.8 Å². The zero-order chi connectivity index (χ0) is 16.2. The molecule has 1 fully saturated rings. The lowest BCUT2D eigenvalue weighted by Crippen LogP contribution is -2.36. The van der Waals surface area contributed by atoms with Crippen LogP contribution in [0.3, 0.4) is 0 Å². The Kier molecular flexibility index (Phi) is 5.46. The molecule has 4 heteroatoms. The van der Waals surface area contributed by atoms with Gasteiger partial charge in [0, 0.05) is 26.2 Å². The Morgan fingerprint density at radius 1 is 1.32 bits per heavy atom. The molecule has 1 aromatic rings. The van der Waals surface area contributed by atoms with Crippen molar-refractivity contribution >= 4 is 6.09 Å². The van der Waals surface area contributed by atoms with E-state index >= 15 is 0 Å². The lowest BCUT2D eigenvalue weighted by atomic mass is 10.1. The smallest absolute Gasteiger partial charge is 0.410 e. The molecule has 0 unspecified atom stereocenters. The van der Waals surface area contributed by atoms with E-state index in [2.05, 4.69) is 36.2 Å². The molecule has 4 nitrogen and oxygen atoms in total. The van der Waals surface area contributed by atoms with Crippen molar-refractivity contribution in [3.8, 4) is 0 Å². The highest BCUT2D eigenvalue weighted by atomic mass is 16.6. The number of carbonyl (C=O) groups is 1. The molecule has 0 saturated carbocycles. The van der Waals surface area contributed by atoms with Gasteiger partial charge in [-0.3, -0.25) is 0 Å². The van der Waals surface area contributed by atoms with E-state index in [9.17, 15) is 4.79 Å². The molecule has 1 saturated heterocycles. The fraction of sp³-hybridized carbons (Fsp3) is 0.611. The second-order valence-electron chi connectivity index (χ2n) is 7.26. The lowest BCUT2D eigenvalue weighted by Gasteiger charge is -2.25. The van der Waals surface area contributed by atoms with Crippen LogP contribution in [-0.2, 0) is 11.3 Å². The van der Waals surface area contributed by atoms with Gasteiger partial charge in [-0.25, -0.2) is 4.79 Å². The maximum absolute atomic E-state index is 12.1. The second kappa shape index (κ2) is 7.14. The van der Waals surface area contributed by atoms with Crippen molar-refractivity contribution in [2.45, 2.75) is 39.3 Å². The molecule has 0 radical (unpaired) electrons. The van der Waals surface area contributed by atoms with Crippen LogP contribution in [-0.4, -0.2) is 48.2 Å². The van der Waals surface area contributed by atoms with Gasteiger partial charge in [0.05, 0.1) is 0 Å². The molecule has 22 heavy (non-hydrogen) atoms. The summed E-state index contributed by atoms with van der Waals surface area (Å²) in [5.41, 5.74) is 0.909. The average molecular weight is 304 g/mol. The fourth-order valence-electron chi connectivity index (χ4n) is 2.87. The molecular formula is C18H28N2O2. The summed E-state index contributed by atoms with van der Waals surface area (Å²) >= 11 is 0. The number of amides is 1. The second-order valence-corrected chi connectivity index (χ2v) is 7.26. The monoisotopic (exact) mass is 304 g/mol. The normalized spacial score (nSPS) is 18.8. The molecule has 2 rings (SSSR count). The van der Waals surface area contributed by atoms with Crippen LogP contribution in [0.2, 0.25) is 0 Å². The molecular weight excluding hydrogens is 276 g/mol. The van der Waals surface area contributed by atoms with Crippen molar-refractivity contribution in [3.63, 3.8) is 0 Å². The molecule has 1 atom stereocenters. The highest BCUT2D eigenvalue weighted by molar-refractivity contribution is 5.68. The SMILES string of the molecule is CN(Cc1ccccc1)C[C@@H]1CCN(C(=O)OC(C)(C)C)C1. The maximum Gasteiger partial charge on any atom is 0.410 e. The fourth-order valence-corrected chi connectivity index (χ4v) is 2.87. The standard InChI is InChI=1S/C18H28N2O2/c1-18(2,3)22-17(21)20-11-10-16(14-20)13-19(4)12-15-8-6-5-7-9-15/h5-9,16H,10-14H2,1-4H3/t16-/m0/s1. The Balaban J connectivity index is 1.77. The van der Waals surface area contributed by atoms with Crippen molar-refractivity contribution in [3.05, 3.63) is 35.9 Å². The Morgan fingerprint density at radius 2 is 2.00 bits per heavy atom. The molecule has 0 aliphatic carbocycles. The average Bonchev–Trinajstić information content (AvgIpc) is 2.86. The van der Waals surface area contributed by atoms with E-state index in [0.717, 1.165) is 32.6 Å². The van der Waals surface area contributed by atoms with Crippen LogP contribution in [0, 0.1) is 5.92 Å². The van der Waals surface area contributed by atoms with Gasteiger partial charge in [0.2, 0.25) is 0 Å². The quantitative estimate of drug-likeness (QED) is 0.855. The molecule has 122 valence electrons. The first-order valence-electron chi connectivity index (χ1n) is 8.04. The third-order valence-corrected chi connectivity index (χ3v) is 3.80. The number of rotatable bonds is 4. The van der Waals surface area contributed by atoms with E-state index in [0.29, 0.717) is 5.92 Å². The van der Waals surface area contributed by atoms with E-state index < -0.39 is 5.60 Å². The Hall–Kier alpha value is -1.55. The van der Waals surface area contributed by atoms with Gasteiger partial charge < -0.3 is 14.5 Å². The number of benzene rings is 1. The van der Waals surface area contributed by atoms with Gasteiger partial charge in [0.1, 0.15) is 5.60 Å². The van der Waals surface area contributed by atoms with Crippen LogP contribution in [0.15, 0.2) is 30.3 Å². The van der Waals surface area contributed by atoms with Gasteiger partial charge in [-0.2, -0.15) is 0 Å². The number of likely N-dealkylation sites (tertiary alicyclic amines) is 1. The van der Waals surface area contributed by atoms with Gasteiger partial charge >= 0.3 is 6.09 Å². The van der Waals surface area contributed by atoms with Crippen LogP contribution in [0.4, 0.5) is 4.79 Å². The van der Waals surface area contributed by atoms with Gasteiger partial charge in [0.25, 0.3) is 0 Å². The predicted molar refractivity (Wildman–Crippen MR) is 88.7 cm³/mol. The highest BCUT2D eigenvalue weighted by Crippen LogP contribution is 2.20. The molecule has 0 aromatic heterocycles. The summed E-state index contributed by atoms with van der Waals surface area (Å²) in [4.78, 5) is 16.2. The largest absolute Gasteiger partial charge is 0.444 e. The molecule has 1 aliphatic rings. The summed E-state index contributed by atoms with van der Waals surface area (Å²) in [6.45, 7) is 9.29. The highest BCUT2D eigenvalue weighted by Gasteiger charge is 2.30. The molecule has 0 N–H and O–H groups in total. The summed E-state index contributed by atoms with van der Waals surface area (Å²) in [5.74, 6) is 0.529. The van der Waals surface area contributed by atoms with E-state index in [1.807, 2.05) is 31.7 Å². The van der Waals surface area contributed by atoms with E-state index in [-0.39, 0.29) is 6.09 Å². The number of nitrogens with zero attached hydrogens (tertiary/aromatic N) is 2. The third-order valence-electron chi connectivity index (χ3n) is 3.80. The van der Waals surface area contributed by atoms with Crippen LogP contribution >= 0.6 is 0 Å². The summed E-state index contributed by atoms with van der Waals surface area (Å²) in [6, 6.07) is 10.5. The van der Waals surface area contributed by atoms with Gasteiger partial charge in [-0.15, -0.1) is 0 Å². The molecule has 1 heterocycles. The van der Waals surface area contributed by atoms with Gasteiger partial charge in [-0.1, -0.05) is 30.3 Å². The van der Waals surface area contributed by atoms with Crippen molar-refractivity contribution < 1.29 is 9.53 Å². The molecule has 1 aromatic carbocycles. The van der Waals surface area contributed by atoms with Crippen molar-refractivity contribution in [2.75, 3.05) is 26.7 Å². The zero-order valence-corrected chi connectivity index (χ0v) is 14.2. The van der Waals surface area contributed by atoms with Crippen LogP contribution in [0.25, 0.3) is 0 Å². The van der Waals surface area contributed by atoms with Crippen molar-refractivity contribution in [1.82, 2.24) is 9.80 Å². The Bertz CT molecular complexity index is 482. The summed E-state index contributed by atoms with van der Waals surface area (Å²) < 4.78 is 5.44. The topological polar surface area (TPSA) is 32.8 Å². The van der Waals surface area contributed by atoms with E-state index in [1.165, 1.54) is 5.56 Å². The molecule has 0 bridgehead atoms. The van der Waals surface area contributed by atoms with Crippen LogP contribution in [0.5, 0.6) is 0 Å². The van der Waals surface area contributed by atoms with E-state index in [4.69, 9.17) is 4.74 Å². The van der Waals surface area contributed by atoms with Crippen molar-refractivity contribution in [2.24, 2.45) is 5.92 Å². The van der Waals surface area contributed by atoms with Gasteiger partial charge in [-0.05, 0) is 45.7 Å². The minimum absolute atomic E-state index is 0.180. The Morgan fingerprint density at radius 3 is 2.64 bits per heavy atom. The minimum atomic E-state index is -0.417. The van der Waals surface area contributed by atoms with Gasteiger partial charge in [0.15, 0.2) is 0 Å².